The molecule has 1 aromatic rings. The fourth-order valence-electron chi connectivity index (χ4n) is 4.04. The Morgan fingerprint density at radius 1 is 1.39 bits per heavy atom. The Morgan fingerprint density at radius 2 is 2.17 bits per heavy atom. The van der Waals surface area contributed by atoms with Crippen LogP contribution in [0.4, 0.5) is 0 Å². The van der Waals surface area contributed by atoms with E-state index in [1.54, 1.807) is 11.4 Å². The maximum atomic E-state index is 12.8. The van der Waals surface area contributed by atoms with Gasteiger partial charge in [-0.3, -0.25) is 0 Å². The minimum Gasteiger partial charge on any atom is -0.497 e. The lowest BCUT2D eigenvalue weighted by Crippen LogP contribution is -2.53. The molecule has 3 aliphatic heterocycles. The Morgan fingerprint density at radius 3 is 2.91 bits per heavy atom. The van der Waals surface area contributed by atoms with Crippen LogP contribution >= 0.6 is 0 Å². The zero-order valence-electron chi connectivity index (χ0n) is 13.2. The van der Waals surface area contributed by atoms with Crippen molar-refractivity contribution in [3.8, 4) is 5.75 Å². The summed E-state index contributed by atoms with van der Waals surface area (Å²) in [5.74, 6) is 0.809. The molecular weight excluding hydrogens is 316 g/mol. The summed E-state index contributed by atoms with van der Waals surface area (Å²) in [7, 11) is -1.63. The van der Waals surface area contributed by atoms with Crippen molar-refractivity contribution in [2.45, 2.75) is 29.8 Å². The van der Waals surface area contributed by atoms with Crippen molar-refractivity contribution in [3.63, 3.8) is 0 Å². The first-order valence-electron chi connectivity index (χ1n) is 8.04. The van der Waals surface area contributed by atoms with Crippen LogP contribution in [-0.4, -0.2) is 63.0 Å². The third kappa shape index (κ3) is 2.46. The fraction of sp³-hybridized carbons (Fsp3) is 0.625. The van der Waals surface area contributed by atoms with Crippen LogP contribution in [0.2, 0.25) is 0 Å². The molecule has 1 aromatic carbocycles. The number of ether oxygens (including phenoxy) is 2. The molecule has 3 saturated heterocycles. The molecule has 0 saturated carbocycles. The van der Waals surface area contributed by atoms with E-state index in [0.29, 0.717) is 32.5 Å². The van der Waals surface area contributed by atoms with Gasteiger partial charge in [-0.2, -0.15) is 4.31 Å². The fourth-order valence-corrected chi connectivity index (χ4v) is 6.36. The van der Waals surface area contributed by atoms with Crippen LogP contribution < -0.4 is 10.1 Å². The number of benzene rings is 1. The highest BCUT2D eigenvalue weighted by atomic mass is 32.2. The largest absolute Gasteiger partial charge is 0.497 e. The minimum atomic E-state index is -3.27. The molecule has 3 atom stereocenters. The highest BCUT2D eigenvalue weighted by molar-refractivity contribution is 7.90. The number of nitrogens with zero attached hydrogens (tertiary/aromatic N) is 1. The molecule has 3 aliphatic rings. The SMILES string of the molecule is COc1ccc(CCN2C[C@@]34CNC[C@@H](C[C@@H]3S2(=O)=O)O4)cc1. The molecule has 7 heteroatoms. The van der Waals surface area contributed by atoms with Crippen molar-refractivity contribution in [2.75, 3.05) is 33.3 Å². The van der Waals surface area contributed by atoms with Gasteiger partial charge in [0.1, 0.15) is 16.6 Å². The lowest BCUT2D eigenvalue weighted by Gasteiger charge is -2.32. The molecule has 0 aromatic heterocycles. The van der Waals surface area contributed by atoms with Crippen LogP contribution in [0.15, 0.2) is 24.3 Å². The van der Waals surface area contributed by atoms with Gasteiger partial charge >= 0.3 is 0 Å². The van der Waals surface area contributed by atoms with Gasteiger partial charge in [0.15, 0.2) is 0 Å². The van der Waals surface area contributed by atoms with Gasteiger partial charge in [-0.25, -0.2) is 8.42 Å². The summed E-state index contributed by atoms with van der Waals surface area (Å²) in [5, 5.41) is 2.94. The van der Waals surface area contributed by atoms with Crippen LogP contribution in [-0.2, 0) is 21.2 Å². The monoisotopic (exact) mass is 338 g/mol. The first-order valence-corrected chi connectivity index (χ1v) is 9.54. The molecule has 4 rings (SSSR count). The summed E-state index contributed by atoms with van der Waals surface area (Å²) in [4.78, 5) is 0. The molecule has 0 aliphatic carbocycles. The Kier molecular flexibility index (Phi) is 3.64. The number of rotatable bonds is 4. The number of methoxy groups -OCH3 is 1. The highest BCUT2D eigenvalue weighted by Crippen LogP contribution is 2.44. The van der Waals surface area contributed by atoms with E-state index in [0.717, 1.165) is 17.9 Å². The molecule has 23 heavy (non-hydrogen) atoms. The number of morpholine rings is 1. The molecule has 2 bridgehead atoms. The number of sulfonamides is 1. The van der Waals surface area contributed by atoms with Crippen molar-refractivity contribution in [1.82, 2.24) is 9.62 Å². The summed E-state index contributed by atoms with van der Waals surface area (Å²) in [6.07, 6.45) is 1.37. The molecule has 1 spiro atoms. The van der Waals surface area contributed by atoms with Gasteiger partial charge in [0.2, 0.25) is 10.0 Å². The Bertz CT molecular complexity index is 691. The molecule has 126 valence electrons. The van der Waals surface area contributed by atoms with Crippen molar-refractivity contribution in [2.24, 2.45) is 0 Å². The molecule has 3 heterocycles. The van der Waals surface area contributed by atoms with E-state index in [1.807, 2.05) is 24.3 Å². The van der Waals surface area contributed by atoms with Gasteiger partial charge < -0.3 is 14.8 Å². The average Bonchev–Trinajstić information content (AvgIpc) is 2.92. The van der Waals surface area contributed by atoms with Crippen molar-refractivity contribution >= 4 is 10.0 Å². The maximum Gasteiger partial charge on any atom is 0.220 e. The van der Waals surface area contributed by atoms with Gasteiger partial charge in [0.25, 0.3) is 0 Å². The second-order valence-corrected chi connectivity index (χ2v) is 8.75. The van der Waals surface area contributed by atoms with E-state index in [-0.39, 0.29) is 11.4 Å². The second-order valence-electron chi connectivity index (χ2n) is 6.64. The Labute approximate surface area is 136 Å². The quantitative estimate of drug-likeness (QED) is 0.860. The molecule has 3 fully saturated rings. The van der Waals surface area contributed by atoms with Crippen molar-refractivity contribution in [3.05, 3.63) is 29.8 Å². The summed E-state index contributed by atoms with van der Waals surface area (Å²) in [6, 6.07) is 7.77. The summed E-state index contributed by atoms with van der Waals surface area (Å²) in [6.45, 7) is 2.37. The molecule has 1 N–H and O–H groups in total. The number of hydrogen-bond acceptors (Lipinski definition) is 5. The van der Waals surface area contributed by atoms with Crippen LogP contribution in [0.1, 0.15) is 12.0 Å². The first kappa shape index (κ1) is 15.4. The van der Waals surface area contributed by atoms with Crippen LogP contribution in [0.3, 0.4) is 0 Å². The number of nitrogens with one attached hydrogen (secondary N) is 1. The minimum absolute atomic E-state index is 0.0484. The first-order chi connectivity index (χ1) is 11.0. The van der Waals surface area contributed by atoms with Gasteiger partial charge in [-0.05, 0) is 30.5 Å². The smallest absolute Gasteiger partial charge is 0.220 e. The maximum absolute atomic E-state index is 12.8. The van der Waals surface area contributed by atoms with E-state index in [1.165, 1.54) is 0 Å². The average molecular weight is 338 g/mol. The standard InChI is InChI=1S/C16H22N2O4S/c1-21-13-4-2-12(3-5-13)6-7-18-11-16-10-17-9-14(22-16)8-15(16)23(18,19)20/h2-5,14-15,17H,6-11H2,1H3/t14-,15+,16+/m1/s1. The zero-order chi connectivity index (χ0) is 16.1. The number of hydrogen-bond donors (Lipinski definition) is 1. The van der Waals surface area contributed by atoms with E-state index in [2.05, 4.69) is 5.32 Å². The van der Waals surface area contributed by atoms with E-state index < -0.39 is 15.6 Å². The molecule has 0 radical (unpaired) electrons. The van der Waals surface area contributed by atoms with Gasteiger partial charge in [-0.15, -0.1) is 0 Å². The summed E-state index contributed by atoms with van der Waals surface area (Å²) in [5.41, 5.74) is 0.568. The van der Waals surface area contributed by atoms with E-state index in [9.17, 15) is 8.42 Å². The third-order valence-corrected chi connectivity index (χ3v) is 7.61. The zero-order valence-corrected chi connectivity index (χ0v) is 14.0. The van der Waals surface area contributed by atoms with Crippen LogP contribution in [0, 0.1) is 0 Å². The molecule has 0 unspecified atom stereocenters. The van der Waals surface area contributed by atoms with Crippen molar-refractivity contribution in [1.29, 1.82) is 0 Å². The predicted octanol–water partition coefficient (Wildman–Crippen LogP) is 0.383. The lowest BCUT2D eigenvalue weighted by molar-refractivity contribution is -0.0629. The molecule has 6 nitrogen and oxygen atoms in total. The summed E-state index contributed by atoms with van der Waals surface area (Å²) >= 11 is 0. The summed E-state index contributed by atoms with van der Waals surface area (Å²) < 4.78 is 38.5. The third-order valence-electron chi connectivity index (χ3n) is 5.23. The van der Waals surface area contributed by atoms with E-state index in [4.69, 9.17) is 9.47 Å². The van der Waals surface area contributed by atoms with Gasteiger partial charge in [0, 0.05) is 26.2 Å². The number of fused-ring (bicyclic) bond motifs is 1. The molecule has 0 amide bonds. The van der Waals surface area contributed by atoms with Crippen LogP contribution in [0.5, 0.6) is 5.75 Å². The Balaban J connectivity index is 1.47. The van der Waals surface area contributed by atoms with Crippen LogP contribution in [0.25, 0.3) is 0 Å². The predicted molar refractivity (Wildman–Crippen MR) is 86.1 cm³/mol. The lowest BCUT2D eigenvalue weighted by atomic mass is 10.00. The van der Waals surface area contributed by atoms with E-state index >= 15 is 0 Å². The van der Waals surface area contributed by atoms with Gasteiger partial charge in [0.05, 0.1) is 13.2 Å². The van der Waals surface area contributed by atoms with Crippen molar-refractivity contribution < 1.29 is 17.9 Å². The second kappa shape index (κ2) is 5.44. The normalized spacial score (nSPS) is 35.2. The highest BCUT2D eigenvalue weighted by Gasteiger charge is 2.63. The Hall–Kier alpha value is -1.15. The van der Waals surface area contributed by atoms with Gasteiger partial charge in [-0.1, -0.05) is 12.1 Å². The topological polar surface area (TPSA) is 67.9 Å². The molecular formula is C16H22N2O4S.